The Morgan fingerprint density at radius 1 is 0.708 bits per heavy atom. The molecule has 0 saturated carbocycles. The Bertz CT molecular complexity index is 1630. The van der Waals surface area contributed by atoms with Crippen LogP contribution in [0.15, 0.2) is 121 Å². The first-order chi connectivity index (χ1) is 23.4. The van der Waals surface area contributed by atoms with E-state index in [1.807, 2.05) is 121 Å². The fourth-order valence-electron chi connectivity index (χ4n) is 5.97. The number of hydrogen-bond donors (Lipinski definition) is 0. The molecule has 0 radical (unpaired) electrons. The Labute approximate surface area is 285 Å². The summed E-state index contributed by atoms with van der Waals surface area (Å²) in [7, 11) is -5.46. The summed E-state index contributed by atoms with van der Waals surface area (Å²) in [6.45, 7) is 1.52. The Balaban J connectivity index is 1.26. The lowest BCUT2D eigenvalue weighted by Crippen LogP contribution is -2.48. The maximum absolute atomic E-state index is 11.8. The van der Waals surface area contributed by atoms with Crippen molar-refractivity contribution in [1.82, 2.24) is 0 Å². The zero-order chi connectivity index (χ0) is 33.2. The highest BCUT2D eigenvalue weighted by molar-refractivity contribution is 7.97. The smallest absolute Gasteiger partial charge is 0.218 e. The molecule has 0 aliphatic carbocycles. The van der Waals surface area contributed by atoms with Gasteiger partial charge in [0.05, 0.1) is 33.0 Å². The van der Waals surface area contributed by atoms with Crippen molar-refractivity contribution in [3.05, 3.63) is 144 Å². The highest BCUT2D eigenvalue weighted by Gasteiger charge is 2.55. The predicted molar refractivity (Wildman–Crippen MR) is 182 cm³/mol. The van der Waals surface area contributed by atoms with Crippen LogP contribution in [-0.2, 0) is 69.0 Å². The highest BCUT2D eigenvalue weighted by atomic mass is 32.3. The molecule has 2 aliphatic rings. The van der Waals surface area contributed by atoms with Crippen molar-refractivity contribution in [2.75, 3.05) is 24.7 Å². The van der Waals surface area contributed by atoms with Gasteiger partial charge in [-0.1, -0.05) is 121 Å². The SMILES string of the molecule is O=S(=O)([O-])O[C@@H]1CO[C@@H](c2ccccc2)O[C@H]1C[S+]1C[C@@H](OCc2ccccc2)[C@H](OCc2ccccc2)[C@H]1COCc1ccccc1. The lowest BCUT2D eigenvalue weighted by atomic mass is 10.1. The van der Waals surface area contributed by atoms with Crippen LogP contribution in [0.3, 0.4) is 0 Å². The molecule has 0 bridgehead atoms. The summed E-state index contributed by atoms with van der Waals surface area (Å²) in [5.41, 5.74) is 3.94. The molecule has 4 aromatic rings. The van der Waals surface area contributed by atoms with Crippen LogP contribution in [0.25, 0.3) is 0 Å². The zero-order valence-electron chi connectivity index (χ0n) is 26.5. The zero-order valence-corrected chi connectivity index (χ0v) is 28.1. The number of hydrogen-bond acceptors (Lipinski definition) is 9. The molecule has 4 aromatic carbocycles. The molecule has 2 heterocycles. The predicted octanol–water partition coefficient (Wildman–Crippen LogP) is 5.33. The largest absolute Gasteiger partial charge is 0.726 e. The summed E-state index contributed by atoms with van der Waals surface area (Å²) in [6.07, 6.45) is -3.16. The minimum Gasteiger partial charge on any atom is -0.726 e. The number of benzene rings is 4. The van der Waals surface area contributed by atoms with Gasteiger partial charge in [-0.25, -0.2) is 8.42 Å². The molecule has 9 nitrogen and oxygen atoms in total. The van der Waals surface area contributed by atoms with Crippen LogP contribution in [0.4, 0.5) is 0 Å². The molecule has 1 unspecified atom stereocenters. The van der Waals surface area contributed by atoms with Gasteiger partial charge in [0.25, 0.3) is 0 Å². The van der Waals surface area contributed by atoms with Crippen LogP contribution in [0, 0.1) is 0 Å². The molecule has 48 heavy (non-hydrogen) atoms. The molecule has 2 saturated heterocycles. The first kappa shape index (κ1) is 34.8. The summed E-state index contributed by atoms with van der Waals surface area (Å²) in [5.74, 6) is 1.04. The van der Waals surface area contributed by atoms with E-state index >= 15 is 0 Å². The quantitative estimate of drug-likeness (QED) is 0.0927. The van der Waals surface area contributed by atoms with Crippen molar-refractivity contribution in [2.24, 2.45) is 0 Å². The molecule has 254 valence electrons. The van der Waals surface area contributed by atoms with Crippen molar-refractivity contribution in [3.8, 4) is 0 Å². The van der Waals surface area contributed by atoms with Crippen LogP contribution in [0.5, 0.6) is 0 Å². The fourth-order valence-corrected chi connectivity index (χ4v) is 9.43. The van der Waals surface area contributed by atoms with Gasteiger partial charge in [0.15, 0.2) is 11.5 Å². The minimum absolute atomic E-state index is 0.107. The van der Waals surface area contributed by atoms with Crippen molar-refractivity contribution in [1.29, 1.82) is 0 Å². The molecule has 2 fully saturated rings. The average molecular weight is 693 g/mol. The Morgan fingerprint density at radius 2 is 1.25 bits per heavy atom. The van der Waals surface area contributed by atoms with Gasteiger partial charge >= 0.3 is 0 Å². The normalized spacial score (nSPS) is 26.0. The third-order valence-corrected chi connectivity index (χ3v) is 11.6. The van der Waals surface area contributed by atoms with E-state index in [0.29, 0.717) is 37.9 Å². The number of ether oxygens (including phenoxy) is 5. The second kappa shape index (κ2) is 17.0. The molecular weight excluding hydrogens is 653 g/mol. The third kappa shape index (κ3) is 9.97. The van der Waals surface area contributed by atoms with Crippen molar-refractivity contribution < 1.29 is 40.8 Å². The molecule has 11 heteroatoms. The molecule has 0 amide bonds. The first-order valence-corrected chi connectivity index (χ1v) is 18.9. The molecule has 7 atom stereocenters. The van der Waals surface area contributed by atoms with Gasteiger partial charge in [0, 0.05) is 16.5 Å². The van der Waals surface area contributed by atoms with Gasteiger partial charge < -0.3 is 28.2 Å². The molecule has 0 N–H and O–H groups in total. The lowest BCUT2D eigenvalue weighted by Gasteiger charge is -2.36. The fraction of sp³-hybridized carbons (Fsp3) is 0.351. The lowest BCUT2D eigenvalue weighted by molar-refractivity contribution is -0.245. The van der Waals surface area contributed by atoms with E-state index in [2.05, 4.69) is 0 Å². The first-order valence-electron chi connectivity index (χ1n) is 16.0. The second-order valence-corrected chi connectivity index (χ2v) is 15.2. The summed E-state index contributed by atoms with van der Waals surface area (Å²) < 4.78 is 72.2. The Morgan fingerprint density at radius 3 is 1.83 bits per heavy atom. The standard InChI is InChI=1S/C37H40O9S2/c38-48(39,40)46-32-24-44-37(31-19-11-4-12-20-31)45-33(32)26-47-27-34(42-22-29-15-7-2-8-16-29)36(43-23-30-17-9-3-10-18-30)35(47)25-41-21-28-13-5-1-6-14-28/h1-20,32-37H,21-27H2/t32-,33+,34-,35-,36+,37-,47?/m1/s1. The van der Waals surface area contributed by atoms with Crippen molar-refractivity contribution >= 4 is 21.3 Å². The van der Waals surface area contributed by atoms with Crippen molar-refractivity contribution in [3.63, 3.8) is 0 Å². The van der Waals surface area contributed by atoms with Gasteiger partial charge in [-0.2, -0.15) is 0 Å². The van der Waals surface area contributed by atoms with Crippen LogP contribution >= 0.6 is 0 Å². The average Bonchev–Trinajstić information content (AvgIpc) is 3.43. The van der Waals surface area contributed by atoms with Gasteiger partial charge in [-0.3, -0.25) is 4.18 Å². The van der Waals surface area contributed by atoms with E-state index in [9.17, 15) is 13.0 Å². The maximum Gasteiger partial charge on any atom is 0.218 e. The molecule has 0 spiro atoms. The second-order valence-electron chi connectivity index (χ2n) is 11.8. The van der Waals surface area contributed by atoms with Gasteiger partial charge in [0.2, 0.25) is 10.4 Å². The monoisotopic (exact) mass is 692 g/mol. The summed E-state index contributed by atoms with van der Waals surface area (Å²) in [4.78, 5) is 0. The van der Waals surface area contributed by atoms with E-state index in [1.165, 1.54) is 0 Å². The van der Waals surface area contributed by atoms with Crippen molar-refractivity contribution in [2.45, 2.75) is 55.8 Å². The van der Waals surface area contributed by atoms with Crippen LogP contribution in [0.2, 0.25) is 0 Å². The van der Waals surface area contributed by atoms with E-state index in [0.717, 1.165) is 22.3 Å². The molecule has 6 rings (SSSR count). The van der Waals surface area contributed by atoms with Crippen LogP contribution in [-0.4, -0.2) is 67.4 Å². The van der Waals surface area contributed by atoms with E-state index in [-0.39, 0.29) is 24.1 Å². The summed E-state index contributed by atoms with van der Waals surface area (Å²) >= 11 is 0. The van der Waals surface area contributed by atoms with E-state index in [1.54, 1.807) is 0 Å². The molecule has 0 aromatic heterocycles. The maximum atomic E-state index is 11.8. The van der Waals surface area contributed by atoms with Gasteiger partial charge in [0.1, 0.15) is 35.9 Å². The molecule has 2 aliphatic heterocycles. The summed E-state index contributed by atoms with van der Waals surface area (Å²) in [6, 6.07) is 39.4. The van der Waals surface area contributed by atoms with E-state index in [4.69, 9.17) is 27.9 Å². The topological polar surface area (TPSA) is 113 Å². The van der Waals surface area contributed by atoms with Gasteiger partial charge in [-0.15, -0.1) is 0 Å². The summed E-state index contributed by atoms with van der Waals surface area (Å²) in [5, 5.41) is -0.107. The number of rotatable bonds is 15. The van der Waals surface area contributed by atoms with Gasteiger partial charge in [-0.05, 0) is 16.7 Å². The van der Waals surface area contributed by atoms with Crippen LogP contribution < -0.4 is 0 Å². The highest BCUT2D eigenvalue weighted by Crippen LogP contribution is 2.35. The Hall–Kier alpha value is -3.10. The Kier molecular flexibility index (Phi) is 12.3. The van der Waals surface area contributed by atoms with Crippen LogP contribution in [0.1, 0.15) is 28.5 Å². The minimum atomic E-state index is -5.01. The van der Waals surface area contributed by atoms with E-state index < -0.39 is 39.8 Å². The molecular formula is C37H40O9S2. The third-order valence-electron chi connectivity index (χ3n) is 8.34.